The van der Waals surface area contributed by atoms with E-state index in [0.29, 0.717) is 10.8 Å². The molecule has 5 nitrogen and oxygen atoms in total. The summed E-state index contributed by atoms with van der Waals surface area (Å²) in [4.78, 5) is 11.5. The van der Waals surface area contributed by atoms with Crippen molar-refractivity contribution >= 4 is 17.5 Å². The van der Waals surface area contributed by atoms with Crippen molar-refractivity contribution in [3.05, 3.63) is 28.8 Å². The van der Waals surface area contributed by atoms with Crippen molar-refractivity contribution in [3.63, 3.8) is 0 Å². The molecule has 1 aromatic rings. The van der Waals surface area contributed by atoms with Gasteiger partial charge in [-0.3, -0.25) is 4.79 Å². The van der Waals surface area contributed by atoms with E-state index in [1.54, 1.807) is 18.2 Å². The van der Waals surface area contributed by atoms with E-state index < -0.39 is 6.10 Å². The van der Waals surface area contributed by atoms with Crippen LogP contribution in [0, 0.1) is 6.92 Å². The van der Waals surface area contributed by atoms with Crippen molar-refractivity contribution in [2.45, 2.75) is 13.0 Å². The van der Waals surface area contributed by atoms with Gasteiger partial charge >= 0.3 is 0 Å². The van der Waals surface area contributed by atoms with Gasteiger partial charge in [-0.25, -0.2) is 0 Å². The summed E-state index contributed by atoms with van der Waals surface area (Å²) in [5.74, 6) is 0.307. The minimum Gasteiger partial charge on any atom is -0.484 e. The van der Waals surface area contributed by atoms with Gasteiger partial charge in [0.05, 0.1) is 12.7 Å². The van der Waals surface area contributed by atoms with Crippen molar-refractivity contribution in [2.75, 3.05) is 26.9 Å². The lowest BCUT2D eigenvalue weighted by Gasteiger charge is -2.12. The summed E-state index contributed by atoms with van der Waals surface area (Å²) in [6, 6.07) is 5.17. The highest BCUT2D eigenvalue weighted by Crippen LogP contribution is 2.21. The minimum absolute atomic E-state index is 0.109. The van der Waals surface area contributed by atoms with E-state index in [1.165, 1.54) is 7.11 Å². The summed E-state index contributed by atoms with van der Waals surface area (Å²) in [6.07, 6.45) is -0.716. The van der Waals surface area contributed by atoms with Crippen molar-refractivity contribution in [1.29, 1.82) is 0 Å². The van der Waals surface area contributed by atoms with Crippen LogP contribution < -0.4 is 10.1 Å². The molecular weight excluding hydrogens is 270 g/mol. The van der Waals surface area contributed by atoms with E-state index in [0.717, 1.165) is 5.56 Å². The summed E-state index contributed by atoms with van der Waals surface area (Å²) in [5, 5.41) is 12.5. The van der Waals surface area contributed by atoms with E-state index in [9.17, 15) is 9.90 Å². The number of nitrogens with one attached hydrogen (secondary N) is 1. The number of methoxy groups -OCH3 is 1. The first-order valence-corrected chi connectivity index (χ1v) is 6.23. The third-order valence-electron chi connectivity index (χ3n) is 2.39. The topological polar surface area (TPSA) is 67.8 Å². The fourth-order valence-corrected chi connectivity index (χ4v) is 1.68. The van der Waals surface area contributed by atoms with Gasteiger partial charge in [-0.2, -0.15) is 0 Å². The number of hydrogen-bond donors (Lipinski definition) is 2. The maximum Gasteiger partial charge on any atom is 0.258 e. The van der Waals surface area contributed by atoms with Gasteiger partial charge in [0.1, 0.15) is 5.75 Å². The molecule has 0 heterocycles. The molecule has 0 aliphatic carbocycles. The third-order valence-corrected chi connectivity index (χ3v) is 2.62. The molecule has 1 rings (SSSR count). The van der Waals surface area contributed by atoms with Gasteiger partial charge in [0.2, 0.25) is 0 Å². The molecule has 1 atom stereocenters. The second kappa shape index (κ2) is 7.99. The Balaban J connectivity index is 2.33. The van der Waals surface area contributed by atoms with Gasteiger partial charge in [0.15, 0.2) is 6.61 Å². The first kappa shape index (κ1) is 15.8. The zero-order valence-corrected chi connectivity index (χ0v) is 11.7. The molecule has 6 heteroatoms. The quantitative estimate of drug-likeness (QED) is 0.789. The molecule has 0 aliphatic heterocycles. The van der Waals surface area contributed by atoms with E-state index in [4.69, 9.17) is 21.1 Å². The van der Waals surface area contributed by atoms with Gasteiger partial charge in [0, 0.05) is 18.7 Å². The number of hydrogen-bond acceptors (Lipinski definition) is 4. The smallest absolute Gasteiger partial charge is 0.258 e. The monoisotopic (exact) mass is 287 g/mol. The molecule has 0 spiro atoms. The standard InChI is InChI=1S/C13H18ClNO4/c1-9-5-10(14)3-4-12(9)19-8-13(17)15-6-11(16)7-18-2/h3-5,11,16H,6-8H2,1-2H3,(H,15,17). The molecule has 0 bridgehead atoms. The highest BCUT2D eigenvalue weighted by Gasteiger charge is 2.08. The number of carbonyl (C=O) groups excluding carboxylic acids is 1. The number of amides is 1. The Morgan fingerprint density at radius 3 is 2.89 bits per heavy atom. The van der Waals surface area contributed by atoms with E-state index in [1.807, 2.05) is 6.92 Å². The Morgan fingerprint density at radius 1 is 1.53 bits per heavy atom. The predicted octanol–water partition coefficient (Wildman–Crippen LogP) is 1.15. The number of ether oxygens (including phenoxy) is 2. The van der Waals surface area contributed by atoms with Gasteiger partial charge in [0.25, 0.3) is 5.91 Å². The minimum atomic E-state index is -0.716. The zero-order valence-electron chi connectivity index (χ0n) is 11.0. The lowest BCUT2D eigenvalue weighted by atomic mass is 10.2. The average Bonchev–Trinajstić information content (AvgIpc) is 2.35. The van der Waals surface area contributed by atoms with Gasteiger partial charge < -0.3 is 19.9 Å². The molecule has 19 heavy (non-hydrogen) atoms. The molecule has 0 radical (unpaired) electrons. The second-order valence-corrected chi connectivity index (χ2v) is 4.55. The van der Waals surface area contributed by atoms with Crippen LogP contribution in [0.5, 0.6) is 5.75 Å². The van der Waals surface area contributed by atoms with Crippen LogP contribution in [0.25, 0.3) is 0 Å². The SMILES string of the molecule is COCC(O)CNC(=O)COc1ccc(Cl)cc1C. The van der Waals surface area contributed by atoms with Crippen LogP contribution in [0.3, 0.4) is 0 Å². The van der Waals surface area contributed by atoms with Gasteiger partial charge in [-0.1, -0.05) is 11.6 Å². The van der Waals surface area contributed by atoms with Crippen molar-refractivity contribution in [1.82, 2.24) is 5.32 Å². The fourth-order valence-electron chi connectivity index (χ4n) is 1.45. The Hall–Kier alpha value is -1.30. The molecule has 0 saturated carbocycles. The lowest BCUT2D eigenvalue weighted by molar-refractivity contribution is -0.123. The first-order chi connectivity index (χ1) is 9.02. The number of halogens is 1. The number of aryl methyl sites for hydroxylation is 1. The van der Waals surface area contributed by atoms with Crippen LogP contribution in [-0.2, 0) is 9.53 Å². The highest BCUT2D eigenvalue weighted by atomic mass is 35.5. The Labute approximate surface area is 117 Å². The maximum atomic E-state index is 11.5. The zero-order chi connectivity index (χ0) is 14.3. The molecule has 1 amide bonds. The largest absolute Gasteiger partial charge is 0.484 e. The Kier molecular flexibility index (Phi) is 6.62. The van der Waals surface area contributed by atoms with Gasteiger partial charge in [-0.05, 0) is 30.7 Å². The Bertz CT molecular complexity index is 425. The van der Waals surface area contributed by atoms with Crippen LogP contribution in [0.2, 0.25) is 5.02 Å². The van der Waals surface area contributed by atoms with E-state index in [-0.39, 0.29) is 25.7 Å². The number of benzene rings is 1. The molecule has 0 aromatic heterocycles. The summed E-state index contributed by atoms with van der Waals surface area (Å²) in [5.41, 5.74) is 0.861. The number of rotatable bonds is 7. The van der Waals surface area contributed by atoms with Gasteiger partial charge in [-0.15, -0.1) is 0 Å². The van der Waals surface area contributed by atoms with E-state index in [2.05, 4.69) is 5.32 Å². The lowest BCUT2D eigenvalue weighted by Crippen LogP contribution is -2.37. The average molecular weight is 288 g/mol. The molecule has 0 aliphatic rings. The third kappa shape index (κ3) is 5.92. The first-order valence-electron chi connectivity index (χ1n) is 5.85. The molecule has 0 fully saturated rings. The molecule has 1 aromatic carbocycles. The molecule has 0 saturated heterocycles. The molecule has 106 valence electrons. The Morgan fingerprint density at radius 2 is 2.26 bits per heavy atom. The van der Waals surface area contributed by atoms with Crippen molar-refractivity contribution in [2.24, 2.45) is 0 Å². The summed E-state index contributed by atoms with van der Waals surface area (Å²) in [7, 11) is 1.48. The van der Waals surface area contributed by atoms with Crippen LogP contribution in [0.1, 0.15) is 5.56 Å². The van der Waals surface area contributed by atoms with E-state index >= 15 is 0 Å². The number of carbonyl (C=O) groups is 1. The van der Waals surface area contributed by atoms with Crippen LogP contribution in [-0.4, -0.2) is 44.0 Å². The number of aliphatic hydroxyl groups excluding tert-OH is 1. The predicted molar refractivity (Wildman–Crippen MR) is 72.6 cm³/mol. The number of aliphatic hydroxyl groups is 1. The molecule has 2 N–H and O–H groups in total. The van der Waals surface area contributed by atoms with Crippen LogP contribution >= 0.6 is 11.6 Å². The highest BCUT2D eigenvalue weighted by molar-refractivity contribution is 6.30. The fraction of sp³-hybridized carbons (Fsp3) is 0.462. The van der Waals surface area contributed by atoms with Crippen LogP contribution in [0.15, 0.2) is 18.2 Å². The van der Waals surface area contributed by atoms with Crippen molar-refractivity contribution < 1.29 is 19.4 Å². The second-order valence-electron chi connectivity index (χ2n) is 4.11. The normalized spacial score (nSPS) is 12.0. The molecule has 1 unspecified atom stereocenters. The summed E-state index contributed by atoms with van der Waals surface area (Å²) >= 11 is 5.82. The summed E-state index contributed by atoms with van der Waals surface area (Å²) in [6.45, 7) is 2.05. The summed E-state index contributed by atoms with van der Waals surface area (Å²) < 4.78 is 10.1. The molecular formula is C13H18ClNO4. The maximum absolute atomic E-state index is 11.5. The van der Waals surface area contributed by atoms with Crippen LogP contribution in [0.4, 0.5) is 0 Å². The van der Waals surface area contributed by atoms with Crippen molar-refractivity contribution in [3.8, 4) is 5.75 Å².